The van der Waals surface area contributed by atoms with Crippen molar-refractivity contribution in [3.8, 4) is 0 Å². The summed E-state index contributed by atoms with van der Waals surface area (Å²) in [6.45, 7) is 6.62. The van der Waals surface area contributed by atoms with E-state index in [1.165, 1.54) is 5.56 Å². The first kappa shape index (κ1) is 22.1. The summed E-state index contributed by atoms with van der Waals surface area (Å²) >= 11 is 6.23. The molecule has 6 nitrogen and oxygen atoms in total. The van der Waals surface area contributed by atoms with Crippen molar-refractivity contribution in [1.29, 1.82) is 0 Å². The number of aromatic nitrogens is 4. The van der Waals surface area contributed by atoms with Gasteiger partial charge in [-0.25, -0.2) is 4.98 Å². The van der Waals surface area contributed by atoms with E-state index in [4.69, 9.17) is 16.6 Å². The third kappa shape index (κ3) is 3.65. The van der Waals surface area contributed by atoms with Gasteiger partial charge in [-0.05, 0) is 66.5 Å². The Labute approximate surface area is 199 Å². The smallest absolute Gasteiger partial charge is 0.274 e. The molecule has 0 bridgehead atoms. The van der Waals surface area contributed by atoms with Crippen molar-refractivity contribution < 1.29 is 4.79 Å². The van der Waals surface area contributed by atoms with E-state index in [0.29, 0.717) is 17.5 Å². The molecular formula is C26H30ClN5O. The van der Waals surface area contributed by atoms with E-state index in [2.05, 4.69) is 48.4 Å². The van der Waals surface area contributed by atoms with Crippen molar-refractivity contribution in [3.05, 3.63) is 70.6 Å². The monoisotopic (exact) mass is 463 g/mol. The maximum Gasteiger partial charge on any atom is 0.274 e. The first-order chi connectivity index (χ1) is 15.7. The zero-order valence-corrected chi connectivity index (χ0v) is 20.4. The van der Waals surface area contributed by atoms with Crippen LogP contribution in [0.3, 0.4) is 0 Å². The van der Waals surface area contributed by atoms with Gasteiger partial charge in [0, 0.05) is 24.0 Å². The quantitative estimate of drug-likeness (QED) is 0.531. The predicted molar refractivity (Wildman–Crippen MR) is 130 cm³/mol. The number of fused-ring (bicyclic) bond motifs is 1. The molecule has 2 aliphatic carbocycles. The van der Waals surface area contributed by atoms with Gasteiger partial charge < -0.3 is 9.88 Å². The van der Waals surface area contributed by atoms with Crippen LogP contribution in [-0.2, 0) is 30.2 Å². The molecule has 1 saturated carbocycles. The second-order valence-corrected chi connectivity index (χ2v) is 10.7. The van der Waals surface area contributed by atoms with Gasteiger partial charge in [0.1, 0.15) is 17.8 Å². The molecule has 0 spiro atoms. The van der Waals surface area contributed by atoms with E-state index < -0.39 is 0 Å². The summed E-state index contributed by atoms with van der Waals surface area (Å²) in [5.74, 6) is 1.76. The number of carbonyl (C=O) groups is 1. The molecule has 0 atom stereocenters. The lowest BCUT2D eigenvalue weighted by atomic mass is 9.58. The van der Waals surface area contributed by atoms with Crippen LogP contribution in [0.15, 0.2) is 36.7 Å². The summed E-state index contributed by atoms with van der Waals surface area (Å²) in [5.41, 5.74) is 5.33. The molecule has 0 unspecified atom stereocenters. The second-order valence-electron chi connectivity index (χ2n) is 10.4. The predicted octanol–water partition coefficient (Wildman–Crippen LogP) is 5.14. The van der Waals surface area contributed by atoms with Gasteiger partial charge >= 0.3 is 0 Å². The molecule has 0 saturated heterocycles. The summed E-state index contributed by atoms with van der Waals surface area (Å²) in [6, 6.07) is 9.96. The van der Waals surface area contributed by atoms with Crippen LogP contribution in [0.1, 0.15) is 78.7 Å². The third-order valence-corrected chi connectivity index (χ3v) is 7.73. The molecule has 2 aliphatic rings. The van der Waals surface area contributed by atoms with E-state index in [-0.39, 0.29) is 16.7 Å². The number of anilines is 1. The van der Waals surface area contributed by atoms with Crippen LogP contribution in [0, 0.1) is 5.92 Å². The van der Waals surface area contributed by atoms with Gasteiger partial charge in [-0.15, -0.1) is 21.8 Å². The highest BCUT2D eigenvalue weighted by Crippen LogP contribution is 2.51. The molecule has 1 aromatic carbocycles. The van der Waals surface area contributed by atoms with Crippen LogP contribution in [-0.4, -0.2) is 25.7 Å². The fourth-order valence-corrected chi connectivity index (χ4v) is 5.98. The number of carbonyl (C=O) groups excluding carboxylic acids is 1. The standard InChI is InChI=1S/C26H30ClN5O/c1-16-12-26(13-16,24-31-28-15-32(24)4)18-6-5-7-19(11-18)29-23(33)21-10-17(14-27)20-8-9-25(2,3)22(20)30-21/h5-7,10-11,15-16H,8-9,12-14H2,1-4H3,(H,29,33). The molecule has 1 fully saturated rings. The van der Waals surface area contributed by atoms with Crippen molar-refractivity contribution in [2.45, 2.75) is 63.2 Å². The number of halogens is 1. The number of hydrogen-bond donors (Lipinski definition) is 1. The van der Waals surface area contributed by atoms with Gasteiger partial charge in [-0.3, -0.25) is 4.79 Å². The zero-order valence-electron chi connectivity index (χ0n) is 19.7. The van der Waals surface area contributed by atoms with Crippen LogP contribution in [0.4, 0.5) is 5.69 Å². The minimum Gasteiger partial charge on any atom is -0.321 e. The Bertz CT molecular complexity index is 1230. The van der Waals surface area contributed by atoms with Crippen LogP contribution >= 0.6 is 11.6 Å². The van der Waals surface area contributed by atoms with Crippen molar-refractivity contribution >= 4 is 23.2 Å². The highest BCUT2D eigenvalue weighted by molar-refractivity contribution is 6.17. The number of nitrogens with one attached hydrogen (secondary N) is 1. The Morgan fingerprint density at radius 2 is 2.06 bits per heavy atom. The fourth-order valence-electron chi connectivity index (χ4n) is 5.74. The van der Waals surface area contributed by atoms with Crippen LogP contribution in [0.5, 0.6) is 0 Å². The number of nitrogens with zero attached hydrogens (tertiary/aromatic N) is 4. The molecule has 1 N–H and O–H groups in total. The minimum absolute atomic E-state index is 0.0459. The largest absolute Gasteiger partial charge is 0.321 e. The van der Waals surface area contributed by atoms with E-state index in [0.717, 1.165) is 54.0 Å². The molecule has 0 aliphatic heterocycles. The number of alkyl halides is 1. The van der Waals surface area contributed by atoms with Crippen molar-refractivity contribution in [2.75, 3.05) is 5.32 Å². The summed E-state index contributed by atoms with van der Waals surface area (Å²) in [7, 11) is 1.99. The normalized spacial score (nSPS) is 23.1. The summed E-state index contributed by atoms with van der Waals surface area (Å²) in [6.07, 6.45) is 5.76. The van der Waals surface area contributed by atoms with Crippen molar-refractivity contribution in [3.63, 3.8) is 0 Å². The van der Waals surface area contributed by atoms with Crippen LogP contribution in [0.2, 0.25) is 0 Å². The lowest BCUT2D eigenvalue weighted by Crippen LogP contribution is -2.43. The first-order valence-electron chi connectivity index (χ1n) is 11.6. The number of pyridine rings is 1. The van der Waals surface area contributed by atoms with Gasteiger partial charge in [0.2, 0.25) is 0 Å². The lowest BCUT2D eigenvalue weighted by Gasteiger charge is -2.46. The van der Waals surface area contributed by atoms with Crippen LogP contribution in [0.25, 0.3) is 0 Å². The highest BCUT2D eigenvalue weighted by atomic mass is 35.5. The van der Waals surface area contributed by atoms with Gasteiger partial charge in [-0.2, -0.15) is 0 Å². The van der Waals surface area contributed by atoms with Crippen LogP contribution < -0.4 is 5.32 Å². The lowest BCUT2D eigenvalue weighted by molar-refractivity contribution is 0.102. The fraction of sp³-hybridized carbons (Fsp3) is 0.462. The number of aryl methyl sites for hydroxylation is 1. The van der Waals surface area contributed by atoms with Crippen molar-refractivity contribution in [2.24, 2.45) is 13.0 Å². The van der Waals surface area contributed by atoms with E-state index in [1.54, 1.807) is 6.33 Å². The molecule has 7 heteroatoms. The third-order valence-electron chi connectivity index (χ3n) is 7.44. The van der Waals surface area contributed by atoms with Gasteiger partial charge in [0.15, 0.2) is 0 Å². The van der Waals surface area contributed by atoms with Gasteiger partial charge in [-0.1, -0.05) is 32.9 Å². The molecule has 1 amide bonds. The topological polar surface area (TPSA) is 72.7 Å². The summed E-state index contributed by atoms with van der Waals surface area (Å²) in [4.78, 5) is 18.0. The Kier molecular flexibility index (Phi) is 5.31. The Morgan fingerprint density at radius 1 is 1.27 bits per heavy atom. The molecule has 0 radical (unpaired) electrons. The highest BCUT2D eigenvalue weighted by Gasteiger charge is 2.48. The first-order valence-corrected chi connectivity index (χ1v) is 12.1. The average Bonchev–Trinajstić information content (AvgIpc) is 3.33. The molecule has 5 rings (SSSR count). The Hall–Kier alpha value is -2.73. The molecule has 2 heterocycles. The van der Waals surface area contributed by atoms with E-state index in [1.807, 2.05) is 29.8 Å². The van der Waals surface area contributed by atoms with E-state index >= 15 is 0 Å². The minimum atomic E-state index is -0.210. The molecule has 2 aromatic heterocycles. The molecule has 33 heavy (non-hydrogen) atoms. The maximum absolute atomic E-state index is 13.2. The number of amides is 1. The summed E-state index contributed by atoms with van der Waals surface area (Å²) < 4.78 is 2.00. The molecule has 172 valence electrons. The maximum atomic E-state index is 13.2. The zero-order chi connectivity index (χ0) is 23.4. The average molecular weight is 464 g/mol. The SMILES string of the molecule is CC1CC(c2cccc(NC(=O)c3cc(CCl)c4c(n3)C(C)(C)CC4)c2)(c2nncn2C)C1. The van der Waals surface area contributed by atoms with Gasteiger partial charge in [0.05, 0.1) is 11.1 Å². The van der Waals surface area contributed by atoms with Crippen molar-refractivity contribution in [1.82, 2.24) is 19.7 Å². The molecule has 3 aromatic rings. The summed E-state index contributed by atoms with van der Waals surface area (Å²) in [5, 5.41) is 11.6. The Balaban J connectivity index is 1.46. The number of hydrogen-bond acceptors (Lipinski definition) is 4. The number of rotatable bonds is 5. The van der Waals surface area contributed by atoms with Gasteiger partial charge in [0.25, 0.3) is 5.91 Å². The number of benzene rings is 1. The van der Waals surface area contributed by atoms with E-state index in [9.17, 15) is 4.79 Å². The second kappa shape index (κ2) is 7.94. The Morgan fingerprint density at radius 3 is 2.73 bits per heavy atom. The molecular weight excluding hydrogens is 434 g/mol.